The molecule has 4 heteroatoms. The van der Waals surface area contributed by atoms with Crippen molar-refractivity contribution in [2.24, 2.45) is 0 Å². The van der Waals surface area contributed by atoms with Gasteiger partial charge in [0.1, 0.15) is 12.0 Å². The molecule has 0 radical (unpaired) electrons. The van der Waals surface area contributed by atoms with E-state index in [1.165, 1.54) is 17.4 Å². The highest BCUT2D eigenvalue weighted by molar-refractivity contribution is 6.09. The normalized spacial score (nSPS) is 24.4. The van der Waals surface area contributed by atoms with E-state index in [9.17, 15) is 9.59 Å². The van der Waals surface area contributed by atoms with Gasteiger partial charge in [0.25, 0.3) is 5.91 Å². The van der Waals surface area contributed by atoms with Crippen molar-refractivity contribution in [3.63, 3.8) is 0 Å². The van der Waals surface area contributed by atoms with Crippen molar-refractivity contribution in [1.29, 1.82) is 0 Å². The zero-order valence-corrected chi connectivity index (χ0v) is 14.6. The number of ketones is 1. The minimum Gasteiger partial charge on any atom is -0.468 e. The maximum Gasteiger partial charge on any atom is 0.258 e. The van der Waals surface area contributed by atoms with Crippen LogP contribution in [0.25, 0.3) is 5.57 Å². The SMILES string of the molecule is O=C1CCCc2occ(C(=O)N3[C@@H]4CC[C@@H]3C=C(c3ccccc3)C4)c21. The van der Waals surface area contributed by atoms with Gasteiger partial charge in [-0.25, -0.2) is 0 Å². The van der Waals surface area contributed by atoms with Gasteiger partial charge in [0.05, 0.1) is 17.2 Å². The van der Waals surface area contributed by atoms with Gasteiger partial charge in [-0.2, -0.15) is 0 Å². The molecular formula is C22H21NO3. The molecule has 0 unspecified atom stereocenters. The van der Waals surface area contributed by atoms with Crippen LogP contribution in [0.2, 0.25) is 0 Å². The summed E-state index contributed by atoms with van der Waals surface area (Å²) in [7, 11) is 0. The first kappa shape index (κ1) is 15.6. The van der Waals surface area contributed by atoms with Gasteiger partial charge in [0, 0.05) is 18.9 Å². The fourth-order valence-electron chi connectivity index (χ4n) is 4.73. The Morgan fingerprint density at radius 3 is 2.77 bits per heavy atom. The lowest BCUT2D eigenvalue weighted by atomic mass is 9.91. The van der Waals surface area contributed by atoms with Crippen LogP contribution in [0.15, 0.2) is 47.1 Å². The second-order valence-electron chi connectivity index (χ2n) is 7.50. The van der Waals surface area contributed by atoms with Gasteiger partial charge in [0.2, 0.25) is 0 Å². The van der Waals surface area contributed by atoms with Crippen LogP contribution in [0, 0.1) is 0 Å². The molecule has 1 aliphatic carbocycles. The number of rotatable bonds is 2. The standard InChI is InChI=1S/C22H21NO3/c24-19-7-4-8-20-21(19)18(13-26-20)22(25)23-16-9-10-17(23)12-15(11-16)14-5-2-1-3-6-14/h1-3,5-6,11,13,16-17H,4,7-10,12H2/t16-,17-/m1/s1. The average Bonchev–Trinajstić information content (AvgIpc) is 3.21. The number of benzene rings is 1. The molecule has 4 nitrogen and oxygen atoms in total. The number of nitrogens with zero attached hydrogens (tertiary/aromatic N) is 1. The zero-order valence-electron chi connectivity index (χ0n) is 14.6. The van der Waals surface area contributed by atoms with Gasteiger partial charge >= 0.3 is 0 Å². The molecule has 1 aromatic carbocycles. The highest BCUT2D eigenvalue weighted by Crippen LogP contribution is 2.40. The van der Waals surface area contributed by atoms with E-state index < -0.39 is 0 Å². The molecular weight excluding hydrogens is 326 g/mol. The summed E-state index contributed by atoms with van der Waals surface area (Å²) in [5.41, 5.74) is 3.58. The number of carbonyl (C=O) groups is 2. The van der Waals surface area contributed by atoms with Crippen LogP contribution in [0.1, 0.15) is 64.1 Å². The smallest absolute Gasteiger partial charge is 0.258 e. The maximum atomic E-state index is 13.3. The number of hydrogen-bond acceptors (Lipinski definition) is 3. The number of fused-ring (bicyclic) bond motifs is 3. The molecule has 1 fully saturated rings. The van der Waals surface area contributed by atoms with Crippen molar-refractivity contribution < 1.29 is 14.0 Å². The Morgan fingerprint density at radius 1 is 1.12 bits per heavy atom. The molecule has 0 spiro atoms. The second-order valence-corrected chi connectivity index (χ2v) is 7.50. The molecule has 132 valence electrons. The minimum absolute atomic E-state index is 0.0406. The van der Waals surface area contributed by atoms with E-state index in [0.717, 1.165) is 32.1 Å². The van der Waals surface area contributed by atoms with Crippen LogP contribution in [0.3, 0.4) is 0 Å². The first-order valence-electron chi connectivity index (χ1n) is 9.44. The molecule has 5 rings (SSSR count). The molecule has 1 aromatic heterocycles. The number of Topliss-reactive ketones (excluding diaryl/α,β-unsaturated/α-hetero) is 1. The summed E-state index contributed by atoms with van der Waals surface area (Å²) in [5, 5.41) is 0. The summed E-state index contributed by atoms with van der Waals surface area (Å²) < 4.78 is 5.57. The van der Waals surface area contributed by atoms with Crippen molar-refractivity contribution in [2.45, 2.75) is 50.6 Å². The highest BCUT2D eigenvalue weighted by Gasteiger charge is 2.42. The maximum absolute atomic E-state index is 13.3. The third kappa shape index (κ3) is 2.36. The summed E-state index contributed by atoms with van der Waals surface area (Å²) >= 11 is 0. The van der Waals surface area contributed by atoms with Crippen molar-refractivity contribution in [2.75, 3.05) is 0 Å². The average molecular weight is 347 g/mol. The van der Waals surface area contributed by atoms with Crippen molar-refractivity contribution in [3.8, 4) is 0 Å². The lowest BCUT2D eigenvalue weighted by Crippen LogP contribution is -2.43. The Balaban J connectivity index is 1.47. The summed E-state index contributed by atoms with van der Waals surface area (Å²) in [5.74, 6) is 0.698. The van der Waals surface area contributed by atoms with E-state index >= 15 is 0 Å². The van der Waals surface area contributed by atoms with Gasteiger partial charge in [0.15, 0.2) is 5.78 Å². The fourth-order valence-corrected chi connectivity index (χ4v) is 4.73. The van der Waals surface area contributed by atoms with Gasteiger partial charge in [-0.3, -0.25) is 9.59 Å². The van der Waals surface area contributed by atoms with Crippen molar-refractivity contribution >= 4 is 17.3 Å². The van der Waals surface area contributed by atoms with E-state index in [0.29, 0.717) is 23.3 Å². The van der Waals surface area contributed by atoms with E-state index in [1.807, 2.05) is 11.0 Å². The lowest BCUT2D eigenvalue weighted by molar-refractivity contribution is 0.0687. The van der Waals surface area contributed by atoms with Crippen LogP contribution >= 0.6 is 0 Å². The summed E-state index contributed by atoms with van der Waals surface area (Å²) in [6, 6.07) is 10.7. The van der Waals surface area contributed by atoms with Gasteiger partial charge in [-0.1, -0.05) is 36.4 Å². The number of carbonyl (C=O) groups excluding carboxylic acids is 2. The highest BCUT2D eigenvalue weighted by atomic mass is 16.3. The molecule has 2 aromatic rings. The number of furan rings is 1. The minimum atomic E-state index is -0.0406. The molecule has 0 saturated carbocycles. The van der Waals surface area contributed by atoms with Crippen LogP contribution in [-0.4, -0.2) is 28.7 Å². The topological polar surface area (TPSA) is 50.5 Å². The van der Waals surface area contributed by atoms with E-state index in [-0.39, 0.29) is 23.8 Å². The van der Waals surface area contributed by atoms with Crippen LogP contribution in [0.4, 0.5) is 0 Å². The number of aryl methyl sites for hydroxylation is 1. The Hall–Kier alpha value is -2.62. The van der Waals surface area contributed by atoms with Gasteiger partial charge < -0.3 is 9.32 Å². The van der Waals surface area contributed by atoms with Gasteiger partial charge in [-0.05, 0) is 36.8 Å². The fraction of sp³-hybridized carbons (Fsp3) is 0.364. The largest absolute Gasteiger partial charge is 0.468 e. The molecule has 3 aliphatic rings. The van der Waals surface area contributed by atoms with E-state index in [1.54, 1.807) is 0 Å². The quantitative estimate of drug-likeness (QED) is 0.816. The van der Waals surface area contributed by atoms with Crippen LogP contribution in [-0.2, 0) is 6.42 Å². The monoisotopic (exact) mass is 347 g/mol. The first-order chi connectivity index (χ1) is 12.7. The molecule has 1 saturated heterocycles. The Morgan fingerprint density at radius 2 is 1.96 bits per heavy atom. The van der Waals surface area contributed by atoms with Crippen molar-refractivity contribution in [1.82, 2.24) is 4.90 Å². The van der Waals surface area contributed by atoms with Crippen LogP contribution in [0.5, 0.6) is 0 Å². The number of amides is 1. The zero-order chi connectivity index (χ0) is 17.7. The van der Waals surface area contributed by atoms with E-state index in [2.05, 4.69) is 30.3 Å². The summed E-state index contributed by atoms with van der Waals surface area (Å²) in [6.45, 7) is 0. The number of hydrogen-bond donors (Lipinski definition) is 0. The Bertz CT molecular complexity index is 909. The third-order valence-electron chi connectivity index (χ3n) is 5.96. The molecule has 0 N–H and O–H groups in total. The predicted molar refractivity (Wildman–Crippen MR) is 98.0 cm³/mol. The van der Waals surface area contributed by atoms with Gasteiger partial charge in [-0.15, -0.1) is 0 Å². The summed E-state index contributed by atoms with van der Waals surface area (Å²) in [4.78, 5) is 27.6. The predicted octanol–water partition coefficient (Wildman–Crippen LogP) is 4.26. The van der Waals surface area contributed by atoms with Crippen LogP contribution < -0.4 is 0 Å². The lowest BCUT2D eigenvalue weighted by Gasteiger charge is -2.34. The third-order valence-corrected chi connectivity index (χ3v) is 5.96. The van der Waals surface area contributed by atoms with Crippen molar-refractivity contribution in [3.05, 3.63) is 65.1 Å². The summed E-state index contributed by atoms with van der Waals surface area (Å²) in [6.07, 6.45) is 8.69. The molecule has 2 bridgehead atoms. The first-order valence-corrected chi connectivity index (χ1v) is 9.44. The molecule has 1 amide bonds. The molecule has 3 heterocycles. The molecule has 2 aliphatic heterocycles. The second kappa shape index (κ2) is 5.97. The Labute approximate surface area is 152 Å². The molecule has 26 heavy (non-hydrogen) atoms. The van der Waals surface area contributed by atoms with E-state index in [4.69, 9.17) is 4.42 Å². The molecule has 2 atom stereocenters. The Kier molecular flexibility index (Phi) is 3.59.